The standard InChI is InChI=1S/C19H34O4/c1-8-16-15(11(2)3)9-12(4)19(22-16)23-18-10-17(20-7)13(5)21-14(18)6/h11-12,14-19H,5,8-10H2,1-4,6-7H3. The fraction of sp³-hybridized carbons (Fsp3) is 0.895. The third-order valence-electron chi connectivity index (χ3n) is 5.41. The van der Waals surface area contributed by atoms with Gasteiger partial charge < -0.3 is 18.9 Å². The van der Waals surface area contributed by atoms with Crippen molar-refractivity contribution in [2.45, 2.75) is 84.6 Å². The Morgan fingerprint density at radius 3 is 2.52 bits per heavy atom. The Hall–Kier alpha value is -0.580. The fourth-order valence-corrected chi connectivity index (χ4v) is 3.86. The minimum Gasteiger partial charge on any atom is -0.490 e. The molecule has 0 saturated carbocycles. The number of hydrogen-bond acceptors (Lipinski definition) is 4. The molecule has 4 nitrogen and oxygen atoms in total. The van der Waals surface area contributed by atoms with Crippen molar-refractivity contribution >= 4 is 0 Å². The van der Waals surface area contributed by atoms with Gasteiger partial charge in [-0.15, -0.1) is 0 Å². The third kappa shape index (κ3) is 4.28. The van der Waals surface area contributed by atoms with Crippen LogP contribution < -0.4 is 0 Å². The van der Waals surface area contributed by atoms with Crippen LogP contribution in [0.3, 0.4) is 0 Å². The van der Waals surface area contributed by atoms with Crippen LogP contribution in [-0.4, -0.2) is 37.8 Å². The summed E-state index contributed by atoms with van der Waals surface area (Å²) in [5.41, 5.74) is 0. The molecule has 0 bridgehead atoms. The van der Waals surface area contributed by atoms with Gasteiger partial charge in [0.2, 0.25) is 0 Å². The summed E-state index contributed by atoms with van der Waals surface area (Å²) >= 11 is 0. The highest BCUT2D eigenvalue weighted by molar-refractivity contribution is 5.00. The topological polar surface area (TPSA) is 36.9 Å². The summed E-state index contributed by atoms with van der Waals surface area (Å²) < 4.78 is 23.9. The van der Waals surface area contributed by atoms with Crippen LogP contribution in [0.5, 0.6) is 0 Å². The number of methoxy groups -OCH3 is 1. The molecule has 0 aromatic rings. The van der Waals surface area contributed by atoms with Crippen molar-refractivity contribution in [3.05, 3.63) is 12.3 Å². The largest absolute Gasteiger partial charge is 0.490 e. The molecule has 4 heteroatoms. The monoisotopic (exact) mass is 326 g/mol. The minimum absolute atomic E-state index is 0.0207. The lowest BCUT2D eigenvalue weighted by atomic mass is 9.79. The second-order valence-corrected chi connectivity index (χ2v) is 7.50. The van der Waals surface area contributed by atoms with Gasteiger partial charge in [-0.3, -0.25) is 0 Å². The highest BCUT2D eigenvalue weighted by Gasteiger charge is 2.41. The van der Waals surface area contributed by atoms with E-state index < -0.39 is 0 Å². The molecule has 0 aliphatic carbocycles. The smallest absolute Gasteiger partial charge is 0.161 e. The molecule has 134 valence electrons. The number of rotatable bonds is 5. The fourth-order valence-electron chi connectivity index (χ4n) is 3.86. The molecule has 23 heavy (non-hydrogen) atoms. The summed E-state index contributed by atoms with van der Waals surface area (Å²) in [5, 5.41) is 0. The van der Waals surface area contributed by atoms with Crippen LogP contribution in [-0.2, 0) is 18.9 Å². The first-order chi connectivity index (χ1) is 10.9. The van der Waals surface area contributed by atoms with E-state index >= 15 is 0 Å². The molecule has 2 saturated heterocycles. The molecule has 2 aliphatic heterocycles. The second kappa shape index (κ2) is 8.00. The van der Waals surface area contributed by atoms with Gasteiger partial charge in [-0.05, 0) is 31.6 Å². The molecule has 0 amide bonds. The molecule has 7 unspecified atom stereocenters. The van der Waals surface area contributed by atoms with Crippen molar-refractivity contribution < 1.29 is 18.9 Å². The van der Waals surface area contributed by atoms with E-state index in [1.54, 1.807) is 7.11 Å². The maximum atomic E-state index is 6.33. The van der Waals surface area contributed by atoms with Gasteiger partial charge in [0.1, 0.15) is 24.1 Å². The van der Waals surface area contributed by atoms with Crippen molar-refractivity contribution in [3.8, 4) is 0 Å². The van der Waals surface area contributed by atoms with E-state index in [9.17, 15) is 0 Å². The van der Waals surface area contributed by atoms with Gasteiger partial charge in [0.15, 0.2) is 6.29 Å². The van der Waals surface area contributed by atoms with Crippen LogP contribution in [0, 0.1) is 17.8 Å². The lowest BCUT2D eigenvalue weighted by Crippen LogP contribution is -2.48. The Balaban J connectivity index is 2.00. The van der Waals surface area contributed by atoms with Crippen LogP contribution in [0.25, 0.3) is 0 Å². The van der Waals surface area contributed by atoms with Crippen LogP contribution in [0.15, 0.2) is 12.3 Å². The number of ether oxygens (including phenoxy) is 4. The van der Waals surface area contributed by atoms with Gasteiger partial charge in [0, 0.05) is 19.4 Å². The van der Waals surface area contributed by atoms with Crippen LogP contribution in [0.2, 0.25) is 0 Å². The Labute approximate surface area is 141 Å². The highest BCUT2D eigenvalue weighted by atomic mass is 16.7. The summed E-state index contributed by atoms with van der Waals surface area (Å²) in [5.74, 6) is 2.34. The molecule has 2 rings (SSSR count). The van der Waals surface area contributed by atoms with Gasteiger partial charge in [0.25, 0.3) is 0 Å². The maximum Gasteiger partial charge on any atom is 0.161 e. The average Bonchev–Trinajstić information content (AvgIpc) is 2.51. The molecule has 0 aromatic carbocycles. The van der Waals surface area contributed by atoms with Gasteiger partial charge >= 0.3 is 0 Å². The van der Waals surface area contributed by atoms with Crippen molar-refractivity contribution in [1.29, 1.82) is 0 Å². The molecule has 0 N–H and O–H groups in total. The predicted molar refractivity (Wildman–Crippen MR) is 91.0 cm³/mol. The van der Waals surface area contributed by atoms with E-state index in [1.165, 1.54) is 0 Å². The highest BCUT2D eigenvalue weighted by Crippen LogP contribution is 2.38. The van der Waals surface area contributed by atoms with E-state index in [-0.39, 0.29) is 30.7 Å². The molecule has 7 atom stereocenters. The molecule has 0 aromatic heterocycles. The first-order valence-electron chi connectivity index (χ1n) is 9.06. The first kappa shape index (κ1) is 18.8. The molecular weight excluding hydrogens is 292 g/mol. The quantitative estimate of drug-likeness (QED) is 0.761. The lowest BCUT2D eigenvalue weighted by Gasteiger charge is -2.44. The summed E-state index contributed by atoms with van der Waals surface area (Å²) in [6.45, 7) is 15.0. The minimum atomic E-state index is -0.158. The molecule has 0 spiro atoms. The second-order valence-electron chi connectivity index (χ2n) is 7.50. The van der Waals surface area contributed by atoms with Gasteiger partial charge in [-0.1, -0.05) is 34.3 Å². The van der Waals surface area contributed by atoms with Crippen LogP contribution in [0.4, 0.5) is 0 Å². The van der Waals surface area contributed by atoms with E-state index in [1.807, 2.05) is 6.92 Å². The summed E-state index contributed by atoms with van der Waals surface area (Å²) in [7, 11) is 1.69. The normalized spacial score (nSPS) is 41.9. The van der Waals surface area contributed by atoms with Crippen LogP contribution >= 0.6 is 0 Å². The SMILES string of the molecule is C=C1OC(C)C(OC2OC(CC)C(C(C)C)CC2C)CC1OC. The van der Waals surface area contributed by atoms with E-state index in [2.05, 4.69) is 34.3 Å². The van der Waals surface area contributed by atoms with E-state index in [0.29, 0.717) is 23.5 Å². The average molecular weight is 326 g/mol. The maximum absolute atomic E-state index is 6.33. The van der Waals surface area contributed by atoms with Gasteiger partial charge in [-0.25, -0.2) is 0 Å². The lowest BCUT2D eigenvalue weighted by molar-refractivity contribution is -0.274. The van der Waals surface area contributed by atoms with Crippen LogP contribution in [0.1, 0.15) is 53.9 Å². The summed E-state index contributed by atoms with van der Waals surface area (Å²) in [4.78, 5) is 0. The zero-order valence-electron chi connectivity index (χ0n) is 15.6. The Morgan fingerprint density at radius 1 is 1.26 bits per heavy atom. The predicted octanol–water partition coefficient (Wildman–Crippen LogP) is 4.14. The number of hydrogen-bond donors (Lipinski definition) is 0. The van der Waals surface area contributed by atoms with Crippen molar-refractivity contribution in [2.24, 2.45) is 17.8 Å². The Bertz CT molecular complexity index is 395. The first-order valence-corrected chi connectivity index (χ1v) is 9.06. The van der Waals surface area contributed by atoms with E-state index in [0.717, 1.165) is 19.3 Å². The zero-order valence-corrected chi connectivity index (χ0v) is 15.6. The van der Waals surface area contributed by atoms with Crippen molar-refractivity contribution in [2.75, 3.05) is 7.11 Å². The Morgan fingerprint density at radius 2 is 1.96 bits per heavy atom. The van der Waals surface area contributed by atoms with Crippen molar-refractivity contribution in [3.63, 3.8) is 0 Å². The third-order valence-corrected chi connectivity index (χ3v) is 5.41. The Kier molecular flexibility index (Phi) is 6.52. The van der Waals surface area contributed by atoms with Gasteiger partial charge in [0.05, 0.1) is 6.10 Å². The molecule has 2 aliphatic rings. The molecule has 2 fully saturated rings. The molecule has 2 heterocycles. The molecular formula is C19H34O4. The van der Waals surface area contributed by atoms with Gasteiger partial charge in [-0.2, -0.15) is 0 Å². The molecule has 0 radical (unpaired) electrons. The zero-order chi connectivity index (χ0) is 17.1. The summed E-state index contributed by atoms with van der Waals surface area (Å²) in [6, 6.07) is 0. The summed E-state index contributed by atoms with van der Waals surface area (Å²) in [6.07, 6.45) is 2.94. The van der Waals surface area contributed by atoms with E-state index in [4.69, 9.17) is 18.9 Å². The van der Waals surface area contributed by atoms with Crippen molar-refractivity contribution in [1.82, 2.24) is 0 Å².